The third-order valence-electron chi connectivity index (χ3n) is 5.73. The molecule has 1 fully saturated rings. The zero-order valence-electron chi connectivity index (χ0n) is 13.8. The van der Waals surface area contributed by atoms with Crippen LogP contribution in [0.4, 0.5) is 13.2 Å². The van der Waals surface area contributed by atoms with Gasteiger partial charge in [0.1, 0.15) is 5.82 Å². The normalized spacial score (nSPS) is 29.3. The smallest absolute Gasteiger partial charge is 0.206 e. The first-order chi connectivity index (χ1) is 11.0. The van der Waals surface area contributed by atoms with E-state index >= 15 is 0 Å². The fourth-order valence-corrected chi connectivity index (χ4v) is 4.49. The van der Waals surface area contributed by atoms with E-state index in [2.05, 4.69) is 6.58 Å². The van der Waals surface area contributed by atoms with Crippen LogP contribution in [0.15, 0.2) is 24.8 Å². The maximum Gasteiger partial charge on any atom is 0.279 e. The highest BCUT2D eigenvalue weighted by Crippen LogP contribution is 2.53. The Hall–Kier alpha value is -1.25. The van der Waals surface area contributed by atoms with Crippen LogP contribution in [0.1, 0.15) is 55.7 Å². The molecule has 0 aliphatic heterocycles. The molecule has 1 aromatic rings. The SMILES string of the molecule is C=CC1CCC(C2Cc3cc(CCC)cc(F)c3C2(F)F)CC1. The minimum Gasteiger partial charge on any atom is -0.206 e. The summed E-state index contributed by atoms with van der Waals surface area (Å²) in [6.07, 6.45) is 7.35. The lowest BCUT2D eigenvalue weighted by Gasteiger charge is -2.34. The van der Waals surface area contributed by atoms with Crippen molar-refractivity contribution in [3.8, 4) is 0 Å². The molecule has 0 N–H and O–H groups in total. The van der Waals surface area contributed by atoms with Gasteiger partial charge in [-0.3, -0.25) is 0 Å². The summed E-state index contributed by atoms with van der Waals surface area (Å²) in [5, 5.41) is 0. The van der Waals surface area contributed by atoms with Crippen LogP contribution >= 0.6 is 0 Å². The van der Waals surface area contributed by atoms with Crippen LogP contribution in [0.5, 0.6) is 0 Å². The lowest BCUT2D eigenvalue weighted by atomic mass is 9.74. The molecule has 2 aliphatic carbocycles. The van der Waals surface area contributed by atoms with Crippen molar-refractivity contribution in [2.45, 2.75) is 57.8 Å². The number of benzene rings is 1. The number of aryl methyl sites for hydroxylation is 1. The van der Waals surface area contributed by atoms with Crippen LogP contribution in [-0.2, 0) is 18.8 Å². The van der Waals surface area contributed by atoms with Gasteiger partial charge >= 0.3 is 0 Å². The molecule has 0 heterocycles. The summed E-state index contributed by atoms with van der Waals surface area (Å²) in [5.41, 5.74) is 1.05. The van der Waals surface area contributed by atoms with E-state index in [-0.39, 0.29) is 11.5 Å². The van der Waals surface area contributed by atoms with Gasteiger partial charge in [-0.2, -0.15) is 0 Å². The standard InChI is InChI=1S/C20H25F3/c1-3-5-14-10-16-12-17(15-8-6-13(4-2)7-9-15)20(22,23)19(16)18(21)11-14/h4,10-11,13,15,17H,2-3,5-9,12H2,1H3. The second kappa shape index (κ2) is 6.33. The summed E-state index contributed by atoms with van der Waals surface area (Å²) >= 11 is 0. The molecule has 126 valence electrons. The van der Waals surface area contributed by atoms with E-state index in [0.717, 1.165) is 44.1 Å². The van der Waals surface area contributed by atoms with E-state index in [1.54, 1.807) is 0 Å². The van der Waals surface area contributed by atoms with Gasteiger partial charge < -0.3 is 0 Å². The topological polar surface area (TPSA) is 0 Å². The van der Waals surface area contributed by atoms with Gasteiger partial charge in [-0.15, -0.1) is 6.58 Å². The summed E-state index contributed by atoms with van der Waals surface area (Å²) in [5.74, 6) is -4.04. The van der Waals surface area contributed by atoms with E-state index in [1.807, 2.05) is 19.1 Å². The molecule has 23 heavy (non-hydrogen) atoms. The Morgan fingerprint density at radius 2 is 1.91 bits per heavy atom. The second-order valence-electron chi connectivity index (χ2n) is 7.21. The van der Waals surface area contributed by atoms with Gasteiger partial charge in [0, 0.05) is 5.92 Å². The third kappa shape index (κ3) is 2.95. The Morgan fingerprint density at radius 3 is 2.52 bits per heavy atom. The first-order valence-corrected chi connectivity index (χ1v) is 8.79. The third-order valence-corrected chi connectivity index (χ3v) is 5.73. The van der Waals surface area contributed by atoms with Crippen molar-refractivity contribution in [2.24, 2.45) is 17.8 Å². The molecule has 1 aromatic carbocycles. The number of fused-ring (bicyclic) bond motifs is 1. The predicted octanol–water partition coefficient (Wildman–Crippen LogP) is 6.03. The highest BCUT2D eigenvalue weighted by atomic mass is 19.3. The number of alkyl halides is 2. The highest BCUT2D eigenvalue weighted by molar-refractivity contribution is 5.41. The molecule has 0 bridgehead atoms. The zero-order valence-corrected chi connectivity index (χ0v) is 13.8. The Morgan fingerprint density at radius 1 is 1.22 bits per heavy atom. The van der Waals surface area contributed by atoms with E-state index in [1.165, 1.54) is 6.07 Å². The van der Waals surface area contributed by atoms with Crippen molar-refractivity contribution in [3.63, 3.8) is 0 Å². The molecule has 1 unspecified atom stereocenters. The molecule has 0 radical (unpaired) electrons. The van der Waals surface area contributed by atoms with Crippen molar-refractivity contribution in [3.05, 3.63) is 47.3 Å². The average molecular weight is 322 g/mol. The summed E-state index contributed by atoms with van der Waals surface area (Å²) in [6.45, 7) is 5.82. The number of halogens is 3. The van der Waals surface area contributed by atoms with Crippen LogP contribution < -0.4 is 0 Å². The van der Waals surface area contributed by atoms with Crippen LogP contribution in [0.2, 0.25) is 0 Å². The molecule has 2 aliphatic rings. The largest absolute Gasteiger partial charge is 0.279 e. The molecule has 0 saturated heterocycles. The summed E-state index contributed by atoms with van der Waals surface area (Å²) < 4.78 is 44.1. The first kappa shape index (κ1) is 16.6. The molecule has 0 amide bonds. The average Bonchev–Trinajstić information content (AvgIpc) is 2.79. The summed E-state index contributed by atoms with van der Waals surface area (Å²) in [7, 11) is 0. The molecule has 1 saturated carbocycles. The highest BCUT2D eigenvalue weighted by Gasteiger charge is 2.53. The van der Waals surface area contributed by atoms with Crippen LogP contribution in [-0.4, -0.2) is 0 Å². The van der Waals surface area contributed by atoms with E-state index in [0.29, 0.717) is 17.9 Å². The van der Waals surface area contributed by atoms with E-state index < -0.39 is 17.7 Å². The lowest BCUT2D eigenvalue weighted by Crippen LogP contribution is -2.31. The van der Waals surface area contributed by atoms with E-state index in [9.17, 15) is 13.2 Å². The summed E-state index contributed by atoms with van der Waals surface area (Å²) in [6, 6.07) is 3.12. The fourth-order valence-electron chi connectivity index (χ4n) is 4.49. The quantitative estimate of drug-likeness (QED) is 0.593. The molecule has 1 atom stereocenters. The monoisotopic (exact) mass is 322 g/mol. The predicted molar refractivity (Wildman–Crippen MR) is 87.1 cm³/mol. The Balaban J connectivity index is 1.85. The molecule has 3 heteroatoms. The molecule has 3 rings (SSSR count). The zero-order chi connectivity index (χ0) is 16.6. The Kier molecular flexibility index (Phi) is 4.57. The van der Waals surface area contributed by atoms with Crippen LogP contribution in [0, 0.1) is 23.6 Å². The van der Waals surface area contributed by atoms with Gasteiger partial charge in [0.15, 0.2) is 0 Å². The molecule has 0 aromatic heterocycles. The summed E-state index contributed by atoms with van der Waals surface area (Å²) in [4.78, 5) is 0. The van der Waals surface area contributed by atoms with E-state index in [4.69, 9.17) is 0 Å². The van der Waals surface area contributed by atoms with Crippen molar-refractivity contribution < 1.29 is 13.2 Å². The first-order valence-electron chi connectivity index (χ1n) is 8.79. The van der Waals surface area contributed by atoms with Gasteiger partial charge in [-0.25, -0.2) is 13.2 Å². The fraction of sp³-hybridized carbons (Fsp3) is 0.600. The number of allylic oxidation sites excluding steroid dienone is 1. The molecule has 0 nitrogen and oxygen atoms in total. The second-order valence-corrected chi connectivity index (χ2v) is 7.21. The Bertz CT molecular complexity index is 583. The molecule has 0 spiro atoms. The van der Waals surface area contributed by atoms with Gasteiger partial charge in [0.2, 0.25) is 0 Å². The maximum absolute atomic E-state index is 14.9. The minimum absolute atomic E-state index is 0.0115. The van der Waals surface area contributed by atoms with Crippen LogP contribution in [0.25, 0.3) is 0 Å². The van der Waals surface area contributed by atoms with Crippen molar-refractivity contribution >= 4 is 0 Å². The van der Waals surface area contributed by atoms with Gasteiger partial charge in [0.05, 0.1) is 5.56 Å². The molecular weight excluding hydrogens is 297 g/mol. The van der Waals surface area contributed by atoms with Gasteiger partial charge in [-0.1, -0.05) is 25.5 Å². The molecular formula is C20H25F3. The lowest BCUT2D eigenvalue weighted by molar-refractivity contribution is -0.0831. The minimum atomic E-state index is -3.03. The Labute approximate surface area is 136 Å². The van der Waals surface area contributed by atoms with Crippen LogP contribution in [0.3, 0.4) is 0 Å². The number of hydrogen-bond acceptors (Lipinski definition) is 0. The van der Waals surface area contributed by atoms with Crippen molar-refractivity contribution in [1.82, 2.24) is 0 Å². The van der Waals surface area contributed by atoms with Crippen molar-refractivity contribution in [1.29, 1.82) is 0 Å². The van der Waals surface area contributed by atoms with Gasteiger partial charge in [-0.05, 0) is 67.6 Å². The number of rotatable bonds is 4. The maximum atomic E-state index is 14.9. The van der Waals surface area contributed by atoms with Crippen molar-refractivity contribution in [2.75, 3.05) is 0 Å². The number of hydrogen-bond donors (Lipinski definition) is 0. The van der Waals surface area contributed by atoms with Gasteiger partial charge in [0.25, 0.3) is 5.92 Å².